The Hall–Kier alpha value is -1.77. The predicted octanol–water partition coefficient (Wildman–Crippen LogP) is 7.25. The lowest BCUT2D eigenvalue weighted by molar-refractivity contribution is -0.140. The van der Waals surface area contributed by atoms with Gasteiger partial charge in [0.2, 0.25) is 0 Å². The SMILES string of the molecule is CCCCCCC/C=C/C(CCCCCCCC(=O)OC)Oc1ccccc1. The third kappa shape index (κ3) is 13.4. The number of ether oxygens (including phenoxy) is 2. The van der Waals surface area contributed by atoms with Crippen LogP contribution in [0.15, 0.2) is 42.5 Å². The summed E-state index contributed by atoms with van der Waals surface area (Å²) >= 11 is 0. The van der Waals surface area contributed by atoms with E-state index >= 15 is 0 Å². The van der Waals surface area contributed by atoms with E-state index in [2.05, 4.69) is 23.8 Å². The van der Waals surface area contributed by atoms with Crippen LogP contribution in [0.5, 0.6) is 5.75 Å². The zero-order valence-corrected chi connectivity index (χ0v) is 18.0. The molecule has 0 aromatic heterocycles. The highest BCUT2D eigenvalue weighted by Crippen LogP contribution is 2.17. The van der Waals surface area contributed by atoms with E-state index in [0.29, 0.717) is 6.42 Å². The van der Waals surface area contributed by atoms with Crippen LogP contribution in [-0.4, -0.2) is 19.2 Å². The highest BCUT2D eigenvalue weighted by molar-refractivity contribution is 5.68. The number of unbranched alkanes of at least 4 members (excludes halogenated alkanes) is 9. The first-order valence-corrected chi connectivity index (χ1v) is 11.2. The summed E-state index contributed by atoms with van der Waals surface area (Å²) < 4.78 is 10.9. The van der Waals surface area contributed by atoms with Crippen molar-refractivity contribution in [3.05, 3.63) is 42.5 Å². The highest BCUT2D eigenvalue weighted by Gasteiger charge is 2.07. The number of hydrogen-bond acceptors (Lipinski definition) is 3. The maximum Gasteiger partial charge on any atom is 0.305 e. The molecule has 0 aliphatic rings. The number of esters is 1. The molecule has 0 bridgehead atoms. The molecular formula is C25H40O3. The van der Waals surface area contributed by atoms with E-state index in [-0.39, 0.29) is 12.1 Å². The van der Waals surface area contributed by atoms with Gasteiger partial charge < -0.3 is 9.47 Å². The molecule has 0 N–H and O–H groups in total. The molecule has 0 aliphatic heterocycles. The van der Waals surface area contributed by atoms with Crippen molar-refractivity contribution in [2.24, 2.45) is 0 Å². The number of allylic oxidation sites excluding steroid dienone is 1. The van der Waals surface area contributed by atoms with Crippen molar-refractivity contribution in [1.29, 1.82) is 0 Å². The lowest BCUT2D eigenvalue weighted by Crippen LogP contribution is -2.13. The second kappa shape index (κ2) is 17.3. The van der Waals surface area contributed by atoms with Crippen molar-refractivity contribution in [3.63, 3.8) is 0 Å². The lowest BCUT2D eigenvalue weighted by atomic mass is 10.1. The molecule has 1 aromatic carbocycles. The summed E-state index contributed by atoms with van der Waals surface area (Å²) in [5, 5.41) is 0. The Morgan fingerprint density at radius 1 is 0.929 bits per heavy atom. The molecule has 0 fully saturated rings. The molecule has 0 spiro atoms. The van der Waals surface area contributed by atoms with Crippen molar-refractivity contribution >= 4 is 5.97 Å². The predicted molar refractivity (Wildman–Crippen MR) is 118 cm³/mol. The second-order valence-corrected chi connectivity index (χ2v) is 7.48. The molecule has 1 atom stereocenters. The Balaban J connectivity index is 2.28. The number of para-hydroxylation sites is 1. The van der Waals surface area contributed by atoms with Gasteiger partial charge in [-0.2, -0.15) is 0 Å². The standard InChI is InChI=1S/C25H40O3/c1-3-4-5-6-7-9-13-18-23(28-24-20-15-12-16-21-24)19-14-10-8-11-17-22-25(26)27-2/h12-13,15-16,18,20-21,23H,3-11,14,17,19,22H2,1-2H3/b18-13+. The Labute approximate surface area is 172 Å². The molecule has 0 saturated carbocycles. The van der Waals surface area contributed by atoms with Crippen LogP contribution in [0.4, 0.5) is 0 Å². The minimum absolute atomic E-state index is 0.101. The quantitative estimate of drug-likeness (QED) is 0.160. The van der Waals surface area contributed by atoms with Crippen LogP contribution in [0.1, 0.15) is 90.4 Å². The topological polar surface area (TPSA) is 35.5 Å². The van der Waals surface area contributed by atoms with Crippen LogP contribution in [0.25, 0.3) is 0 Å². The average molecular weight is 389 g/mol. The molecule has 3 nitrogen and oxygen atoms in total. The maximum absolute atomic E-state index is 11.1. The lowest BCUT2D eigenvalue weighted by Gasteiger charge is -2.16. The van der Waals surface area contributed by atoms with Gasteiger partial charge in [-0.05, 0) is 50.3 Å². The third-order valence-corrected chi connectivity index (χ3v) is 4.95. The summed E-state index contributed by atoms with van der Waals surface area (Å²) in [6.45, 7) is 2.25. The Morgan fingerprint density at radius 2 is 1.61 bits per heavy atom. The van der Waals surface area contributed by atoms with E-state index in [1.807, 2.05) is 30.3 Å². The first-order chi connectivity index (χ1) is 13.8. The Kier molecular flexibility index (Phi) is 15.0. The molecular weight excluding hydrogens is 348 g/mol. The molecule has 0 radical (unpaired) electrons. The van der Waals surface area contributed by atoms with Crippen LogP contribution in [0.3, 0.4) is 0 Å². The second-order valence-electron chi connectivity index (χ2n) is 7.48. The van der Waals surface area contributed by atoms with E-state index in [4.69, 9.17) is 4.74 Å². The van der Waals surface area contributed by atoms with E-state index in [9.17, 15) is 4.79 Å². The normalized spacial score (nSPS) is 12.2. The van der Waals surface area contributed by atoms with Crippen LogP contribution in [0.2, 0.25) is 0 Å². The van der Waals surface area contributed by atoms with Crippen LogP contribution >= 0.6 is 0 Å². The summed E-state index contributed by atoms with van der Waals surface area (Å²) in [5.74, 6) is 0.842. The van der Waals surface area contributed by atoms with Crippen molar-refractivity contribution < 1.29 is 14.3 Å². The summed E-state index contributed by atoms with van der Waals surface area (Å²) in [7, 11) is 1.45. The Bertz CT molecular complexity index is 510. The monoisotopic (exact) mass is 388 g/mol. The van der Waals surface area contributed by atoms with E-state index in [1.165, 1.54) is 45.6 Å². The first-order valence-electron chi connectivity index (χ1n) is 11.2. The molecule has 3 heteroatoms. The first kappa shape index (κ1) is 24.3. The largest absolute Gasteiger partial charge is 0.486 e. The average Bonchev–Trinajstić information content (AvgIpc) is 2.72. The molecule has 0 aliphatic carbocycles. The van der Waals surface area contributed by atoms with Gasteiger partial charge in [-0.15, -0.1) is 0 Å². The van der Waals surface area contributed by atoms with Crippen molar-refractivity contribution in [2.75, 3.05) is 7.11 Å². The van der Waals surface area contributed by atoms with Gasteiger partial charge in [0.25, 0.3) is 0 Å². The maximum atomic E-state index is 11.1. The van der Waals surface area contributed by atoms with Crippen molar-refractivity contribution in [2.45, 2.75) is 96.5 Å². The number of benzene rings is 1. The number of carbonyl (C=O) groups is 1. The zero-order chi connectivity index (χ0) is 20.3. The smallest absolute Gasteiger partial charge is 0.305 e. The van der Waals surface area contributed by atoms with Crippen LogP contribution < -0.4 is 4.74 Å². The van der Waals surface area contributed by atoms with E-state index in [1.54, 1.807) is 0 Å². The number of methoxy groups -OCH3 is 1. The van der Waals surface area contributed by atoms with Gasteiger partial charge in [-0.1, -0.05) is 76.1 Å². The molecule has 158 valence electrons. The highest BCUT2D eigenvalue weighted by atomic mass is 16.5. The van der Waals surface area contributed by atoms with Crippen LogP contribution in [-0.2, 0) is 9.53 Å². The third-order valence-electron chi connectivity index (χ3n) is 4.95. The van der Waals surface area contributed by atoms with Gasteiger partial charge in [-0.25, -0.2) is 0 Å². The number of rotatable bonds is 17. The van der Waals surface area contributed by atoms with E-state index < -0.39 is 0 Å². The molecule has 1 aromatic rings. The van der Waals surface area contributed by atoms with Crippen molar-refractivity contribution in [1.82, 2.24) is 0 Å². The fraction of sp³-hybridized carbons (Fsp3) is 0.640. The van der Waals surface area contributed by atoms with Gasteiger partial charge in [0.1, 0.15) is 11.9 Å². The summed E-state index contributed by atoms with van der Waals surface area (Å²) in [5.41, 5.74) is 0. The van der Waals surface area contributed by atoms with Gasteiger partial charge >= 0.3 is 5.97 Å². The Morgan fingerprint density at radius 3 is 2.36 bits per heavy atom. The molecule has 0 saturated heterocycles. The van der Waals surface area contributed by atoms with Gasteiger partial charge in [0.15, 0.2) is 0 Å². The van der Waals surface area contributed by atoms with Gasteiger partial charge in [0, 0.05) is 6.42 Å². The van der Waals surface area contributed by atoms with Crippen molar-refractivity contribution in [3.8, 4) is 5.75 Å². The van der Waals surface area contributed by atoms with Gasteiger partial charge in [0.05, 0.1) is 7.11 Å². The number of hydrogen-bond donors (Lipinski definition) is 0. The fourth-order valence-corrected chi connectivity index (χ4v) is 3.23. The number of carbonyl (C=O) groups excluding carboxylic acids is 1. The van der Waals surface area contributed by atoms with Gasteiger partial charge in [-0.3, -0.25) is 4.79 Å². The summed E-state index contributed by atoms with van der Waals surface area (Å²) in [6.07, 6.45) is 19.5. The molecule has 1 rings (SSSR count). The summed E-state index contributed by atoms with van der Waals surface area (Å²) in [4.78, 5) is 11.1. The molecule has 28 heavy (non-hydrogen) atoms. The van der Waals surface area contributed by atoms with E-state index in [0.717, 1.165) is 44.3 Å². The zero-order valence-electron chi connectivity index (χ0n) is 18.0. The minimum Gasteiger partial charge on any atom is -0.486 e. The minimum atomic E-state index is -0.101. The summed E-state index contributed by atoms with van der Waals surface area (Å²) in [6, 6.07) is 10.1. The molecule has 1 unspecified atom stereocenters. The van der Waals surface area contributed by atoms with Crippen LogP contribution in [0, 0.1) is 0 Å². The molecule has 0 heterocycles. The fourth-order valence-electron chi connectivity index (χ4n) is 3.23. The molecule has 0 amide bonds.